The molecule has 2 heterocycles. The summed E-state index contributed by atoms with van der Waals surface area (Å²) in [7, 11) is 0. The number of hydrogen-bond donors (Lipinski definition) is 1. The number of imide groups is 1. The number of carbonyl (C=O) groups is 2. The molecule has 2 aliphatic rings. The van der Waals surface area contributed by atoms with Gasteiger partial charge in [-0.15, -0.1) is 0 Å². The van der Waals surface area contributed by atoms with Crippen molar-refractivity contribution in [3.05, 3.63) is 82.9 Å². The van der Waals surface area contributed by atoms with E-state index in [9.17, 15) is 9.59 Å². The third-order valence-corrected chi connectivity index (χ3v) is 6.56. The highest BCUT2D eigenvalue weighted by Gasteiger charge is 2.47. The smallest absolute Gasteiger partial charge is 0.315 e. The SMILES string of the molecule is O=C1C2NCCCC2N(Cc2cccc3ccccc23)C(=O)N1Cc1ccc(Cl)cc1. The number of urea groups is 1. The van der Waals surface area contributed by atoms with E-state index in [-0.39, 0.29) is 30.6 Å². The van der Waals surface area contributed by atoms with E-state index in [1.165, 1.54) is 4.90 Å². The fourth-order valence-electron chi connectivity index (χ4n) is 4.73. The van der Waals surface area contributed by atoms with Crippen molar-refractivity contribution in [1.82, 2.24) is 15.1 Å². The van der Waals surface area contributed by atoms with Gasteiger partial charge >= 0.3 is 6.03 Å². The van der Waals surface area contributed by atoms with Crippen molar-refractivity contribution in [2.45, 2.75) is 38.0 Å². The van der Waals surface area contributed by atoms with Crippen LogP contribution in [0.1, 0.15) is 24.0 Å². The number of nitrogens with one attached hydrogen (secondary N) is 1. The van der Waals surface area contributed by atoms with E-state index in [0.717, 1.165) is 41.3 Å². The fraction of sp³-hybridized carbons (Fsp3) is 0.280. The van der Waals surface area contributed by atoms with E-state index in [4.69, 9.17) is 11.6 Å². The normalized spacial score (nSPS) is 21.5. The van der Waals surface area contributed by atoms with Gasteiger partial charge in [-0.2, -0.15) is 0 Å². The van der Waals surface area contributed by atoms with Gasteiger partial charge in [0, 0.05) is 11.6 Å². The monoisotopic (exact) mass is 433 g/mol. The van der Waals surface area contributed by atoms with Crippen LogP contribution in [0.15, 0.2) is 66.7 Å². The summed E-state index contributed by atoms with van der Waals surface area (Å²) < 4.78 is 0. The molecule has 2 aliphatic heterocycles. The summed E-state index contributed by atoms with van der Waals surface area (Å²) in [5.41, 5.74) is 1.97. The molecule has 3 aromatic carbocycles. The fourth-order valence-corrected chi connectivity index (χ4v) is 4.86. The van der Waals surface area contributed by atoms with Gasteiger partial charge < -0.3 is 10.2 Å². The van der Waals surface area contributed by atoms with Crippen LogP contribution in [0.4, 0.5) is 4.79 Å². The molecule has 158 valence electrons. The Kier molecular flexibility index (Phi) is 5.38. The summed E-state index contributed by atoms with van der Waals surface area (Å²) >= 11 is 6.00. The molecule has 31 heavy (non-hydrogen) atoms. The minimum Gasteiger partial charge on any atom is -0.315 e. The molecule has 0 spiro atoms. The van der Waals surface area contributed by atoms with Gasteiger partial charge in [-0.25, -0.2) is 4.79 Å². The van der Waals surface area contributed by atoms with E-state index in [2.05, 4.69) is 29.6 Å². The zero-order chi connectivity index (χ0) is 21.4. The Balaban J connectivity index is 1.49. The second-order valence-corrected chi connectivity index (χ2v) is 8.68. The molecule has 3 aromatic rings. The van der Waals surface area contributed by atoms with Crippen LogP contribution < -0.4 is 5.32 Å². The molecule has 0 radical (unpaired) electrons. The first-order valence-electron chi connectivity index (χ1n) is 10.7. The minimum atomic E-state index is -0.367. The van der Waals surface area contributed by atoms with Gasteiger partial charge in [0.05, 0.1) is 12.6 Å². The third-order valence-electron chi connectivity index (χ3n) is 6.31. The third kappa shape index (κ3) is 3.80. The molecule has 2 atom stereocenters. The summed E-state index contributed by atoms with van der Waals surface area (Å²) in [6, 6.07) is 21.0. The van der Waals surface area contributed by atoms with Crippen molar-refractivity contribution < 1.29 is 9.59 Å². The van der Waals surface area contributed by atoms with Gasteiger partial charge in [0.25, 0.3) is 0 Å². The number of halogens is 1. The Labute approximate surface area is 186 Å². The van der Waals surface area contributed by atoms with Gasteiger partial charge in [0.2, 0.25) is 5.91 Å². The van der Waals surface area contributed by atoms with Gasteiger partial charge in [-0.05, 0) is 53.4 Å². The van der Waals surface area contributed by atoms with Crippen LogP contribution in [0.3, 0.4) is 0 Å². The highest BCUT2D eigenvalue weighted by atomic mass is 35.5. The molecule has 2 saturated heterocycles. The topological polar surface area (TPSA) is 52.7 Å². The molecule has 5 nitrogen and oxygen atoms in total. The summed E-state index contributed by atoms with van der Waals surface area (Å²) in [4.78, 5) is 30.1. The molecular formula is C25H24ClN3O2. The maximum absolute atomic E-state index is 13.6. The maximum Gasteiger partial charge on any atom is 0.327 e. The van der Waals surface area contributed by atoms with Crippen molar-refractivity contribution in [2.24, 2.45) is 0 Å². The Morgan fingerprint density at radius 1 is 0.935 bits per heavy atom. The lowest BCUT2D eigenvalue weighted by Crippen LogP contribution is -2.68. The highest BCUT2D eigenvalue weighted by molar-refractivity contribution is 6.30. The number of piperidine rings is 1. The average Bonchev–Trinajstić information content (AvgIpc) is 2.81. The molecule has 0 bridgehead atoms. The van der Waals surface area contributed by atoms with Crippen LogP contribution in [0.2, 0.25) is 5.02 Å². The zero-order valence-electron chi connectivity index (χ0n) is 17.1. The van der Waals surface area contributed by atoms with Crippen molar-refractivity contribution in [2.75, 3.05) is 6.54 Å². The van der Waals surface area contributed by atoms with Gasteiger partial charge in [0.1, 0.15) is 6.04 Å². The predicted octanol–water partition coefficient (Wildman–Crippen LogP) is 4.58. The Morgan fingerprint density at radius 2 is 1.71 bits per heavy atom. The number of nitrogens with zero attached hydrogens (tertiary/aromatic N) is 2. The molecule has 6 heteroatoms. The largest absolute Gasteiger partial charge is 0.327 e. The highest BCUT2D eigenvalue weighted by Crippen LogP contribution is 2.29. The van der Waals surface area contributed by atoms with E-state index in [0.29, 0.717) is 11.6 Å². The van der Waals surface area contributed by atoms with Crippen LogP contribution in [0.25, 0.3) is 10.8 Å². The zero-order valence-corrected chi connectivity index (χ0v) is 17.9. The van der Waals surface area contributed by atoms with E-state index >= 15 is 0 Å². The number of benzene rings is 3. The molecule has 0 aliphatic carbocycles. The van der Waals surface area contributed by atoms with Crippen LogP contribution in [-0.4, -0.2) is 40.4 Å². The Hall–Kier alpha value is -2.89. The number of fused-ring (bicyclic) bond motifs is 2. The summed E-state index contributed by atoms with van der Waals surface area (Å²) in [6.45, 7) is 1.51. The lowest BCUT2D eigenvalue weighted by molar-refractivity contribution is -0.137. The van der Waals surface area contributed by atoms with Crippen molar-refractivity contribution >= 4 is 34.3 Å². The molecule has 5 rings (SSSR count). The minimum absolute atomic E-state index is 0.130. The van der Waals surface area contributed by atoms with Crippen LogP contribution in [0.5, 0.6) is 0 Å². The molecule has 2 unspecified atom stereocenters. The average molecular weight is 434 g/mol. The van der Waals surface area contributed by atoms with Gasteiger partial charge in [-0.1, -0.05) is 66.2 Å². The maximum atomic E-state index is 13.6. The first-order chi connectivity index (χ1) is 15.1. The Bertz CT molecular complexity index is 1130. The Morgan fingerprint density at radius 3 is 2.55 bits per heavy atom. The first-order valence-corrected chi connectivity index (χ1v) is 11.1. The van der Waals surface area contributed by atoms with Gasteiger partial charge in [-0.3, -0.25) is 9.69 Å². The standard InChI is InChI=1S/C25H24ClN3O2/c26-20-12-10-17(11-13-20)15-29-24(30)23-22(9-4-14-27-23)28(25(29)31)16-19-7-3-6-18-5-1-2-8-21(18)19/h1-3,5-8,10-13,22-23,27H,4,9,14-16H2. The van der Waals surface area contributed by atoms with E-state index in [1.807, 2.05) is 35.2 Å². The number of carbonyl (C=O) groups excluding carboxylic acids is 2. The van der Waals surface area contributed by atoms with E-state index < -0.39 is 0 Å². The quantitative estimate of drug-likeness (QED) is 0.655. The summed E-state index contributed by atoms with van der Waals surface area (Å²) in [6.07, 6.45) is 1.78. The number of rotatable bonds is 4. The molecule has 0 saturated carbocycles. The van der Waals surface area contributed by atoms with Crippen molar-refractivity contribution in [1.29, 1.82) is 0 Å². The van der Waals surface area contributed by atoms with E-state index in [1.54, 1.807) is 12.1 Å². The molecule has 2 fully saturated rings. The summed E-state index contributed by atoms with van der Waals surface area (Å²) in [5, 5.41) is 6.28. The lowest BCUT2D eigenvalue weighted by atomic mass is 9.92. The lowest BCUT2D eigenvalue weighted by Gasteiger charge is -2.47. The molecule has 0 aromatic heterocycles. The first kappa shape index (κ1) is 20.0. The second-order valence-electron chi connectivity index (χ2n) is 8.24. The molecule has 3 amide bonds. The number of amides is 3. The number of hydrogen-bond acceptors (Lipinski definition) is 3. The van der Waals surface area contributed by atoms with Crippen molar-refractivity contribution in [3.8, 4) is 0 Å². The second kappa shape index (κ2) is 8.33. The molecule has 1 N–H and O–H groups in total. The van der Waals surface area contributed by atoms with Gasteiger partial charge in [0.15, 0.2) is 0 Å². The van der Waals surface area contributed by atoms with Crippen LogP contribution >= 0.6 is 11.6 Å². The van der Waals surface area contributed by atoms with Crippen LogP contribution in [-0.2, 0) is 17.9 Å². The van der Waals surface area contributed by atoms with Crippen molar-refractivity contribution in [3.63, 3.8) is 0 Å². The summed E-state index contributed by atoms with van der Waals surface area (Å²) in [5.74, 6) is -0.140. The predicted molar refractivity (Wildman–Crippen MR) is 122 cm³/mol. The van der Waals surface area contributed by atoms with Crippen LogP contribution in [0, 0.1) is 0 Å². The molecular weight excluding hydrogens is 410 g/mol.